The summed E-state index contributed by atoms with van der Waals surface area (Å²) in [7, 11) is 0. The summed E-state index contributed by atoms with van der Waals surface area (Å²) in [6.45, 7) is 7.57. The van der Waals surface area contributed by atoms with E-state index >= 15 is 0 Å². The van der Waals surface area contributed by atoms with E-state index in [0.717, 1.165) is 23.2 Å². The molecule has 1 spiro atoms. The molecule has 2 unspecified atom stereocenters. The van der Waals surface area contributed by atoms with Gasteiger partial charge in [-0.15, -0.1) is 11.8 Å². The summed E-state index contributed by atoms with van der Waals surface area (Å²) in [5, 5.41) is 16.4. The average molecular weight is 522 g/mol. The highest BCUT2D eigenvalue weighted by molar-refractivity contribution is 8.02. The average Bonchev–Trinajstić information content (AvgIpc) is 3.50. The lowest BCUT2D eigenvalue weighted by molar-refractivity contribution is -0.142. The number of nitrogens with zero attached hydrogens (tertiary/aromatic N) is 1. The van der Waals surface area contributed by atoms with Crippen LogP contribution < -0.4 is 10.6 Å². The smallest absolute Gasteiger partial charge is 0.248 e. The van der Waals surface area contributed by atoms with Crippen molar-refractivity contribution in [2.24, 2.45) is 17.8 Å². The fourth-order valence-electron chi connectivity index (χ4n) is 6.49. The van der Waals surface area contributed by atoms with E-state index in [1.54, 1.807) is 16.7 Å². The molecule has 6 atom stereocenters. The van der Waals surface area contributed by atoms with E-state index in [1.807, 2.05) is 76.2 Å². The highest BCUT2D eigenvalue weighted by Crippen LogP contribution is 2.66. The van der Waals surface area contributed by atoms with Gasteiger partial charge in [-0.05, 0) is 61.9 Å². The number of hydrogen-bond donors (Lipinski definition) is 3. The summed E-state index contributed by atoms with van der Waals surface area (Å²) in [5.41, 5.74) is 3.38. The van der Waals surface area contributed by atoms with Crippen LogP contribution in [0.5, 0.6) is 0 Å². The van der Waals surface area contributed by atoms with Crippen molar-refractivity contribution >= 4 is 40.9 Å². The number of hydrogen-bond acceptors (Lipinski definition) is 5. The number of fused-ring (bicyclic) bond motifs is 1. The van der Waals surface area contributed by atoms with Crippen LogP contribution >= 0.6 is 11.8 Å². The van der Waals surface area contributed by atoms with Gasteiger partial charge in [-0.3, -0.25) is 14.4 Å². The number of carbonyl (C=O) groups excluding carboxylic acids is 3. The molecule has 0 radical (unpaired) electrons. The second kappa shape index (κ2) is 9.80. The van der Waals surface area contributed by atoms with Gasteiger partial charge in [0.2, 0.25) is 17.7 Å². The monoisotopic (exact) mass is 521 g/mol. The van der Waals surface area contributed by atoms with Gasteiger partial charge < -0.3 is 20.6 Å². The van der Waals surface area contributed by atoms with E-state index < -0.39 is 28.7 Å². The van der Waals surface area contributed by atoms with Crippen LogP contribution in [0.25, 0.3) is 0 Å². The maximum absolute atomic E-state index is 14.2. The number of nitrogens with one attached hydrogen (secondary N) is 2. The van der Waals surface area contributed by atoms with Crippen molar-refractivity contribution in [2.75, 3.05) is 17.2 Å². The number of para-hydroxylation sites is 1. The molecule has 0 aromatic heterocycles. The lowest BCUT2D eigenvalue weighted by atomic mass is 9.70. The van der Waals surface area contributed by atoms with Crippen LogP contribution in [0.1, 0.15) is 37.8 Å². The molecule has 3 amide bonds. The first-order valence-electron chi connectivity index (χ1n) is 13.0. The highest BCUT2D eigenvalue weighted by atomic mass is 32.2. The van der Waals surface area contributed by atoms with Crippen molar-refractivity contribution in [3.63, 3.8) is 0 Å². The number of aliphatic hydroxyl groups is 1. The zero-order valence-corrected chi connectivity index (χ0v) is 22.5. The van der Waals surface area contributed by atoms with Gasteiger partial charge >= 0.3 is 0 Å². The first kappa shape index (κ1) is 25.8. The molecule has 2 bridgehead atoms. The number of amides is 3. The van der Waals surface area contributed by atoms with Crippen LogP contribution in [0.2, 0.25) is 0 Å². The molecule has 0 saturated carbocycles. The number of likely N-dealkylation sites (tertiary alicyclic amines) is 1. The molecule has 3 aliphatic rings. The van der Waals surface area contributed by atoms with Crippen molar-refractivity contribution in [2.45, 2.75) is 62.6 Å². The van der Waals surface area contributed by atoms with Gasteiger partial charge in [-0.1, -0.05) is 44.2 Å². The van der Waals surface area contributed by atoms with Gasteiger partial charge in [0.15, 0.2) is 0 Å². The Balaban J connectivity index is 1.53. The second-order valence-corrected chi connectivity index (χ2v) is 12.6. The van der Waals surface area contributed by atoms with E-state index in [-0.39, 0.29) is 35.5 Å². The lowest BCUT2D eigenvalue weighted by Crippen LogP contribution is -2.56. The fourth-order valence-corrected chi connectivity index (χ4v) is 8.69. The fraction of sp³-hybridized carbons (Fsp3) is 0.483. The minimum Gasteiger partial charge on any atom is -0.394 e. The summed E-state index contributed by atoms with van der Waals surface area (Å²) in [4.78, 5) is 43.4. The first-order chi connectivity index (χ1) is 17.7. The Kier molecular flexibility index (Phi) is 6.83. The summed E-state index contributed by atoms with van der Waals surface area (Å²) in [6, 6.07) is 13.9. The first-order valence-corrected chi connectivity index (χ1v) is 13.9. The number of rotatable bonds is 7. The zero-order chi connectivity index (χ0) is 26.5. The number of aryl methyl sites for hydroxylation is 2. The van der Waals surface area contributed by atoms with Gasteiger partial charge in [-0.2, -0.15) is 0 Å². The molecule has 2 aromatic carbocycles. The third-order valence-electron chi connectivity index (χ3n) is 8.30. The standard InChI is InChI=1S/C29H35N3O4S/c1-16(2)21(15-33)32-25(27(35)31-20-14-17(3)10-11-18(20)4)29-13-12-22(37-29)23(24(29)28(32)36)26(34)30-19-8-6-5-7-9-19/h5-11,14,16,21-25,33H,12-13,15H2,1-4H3,(H,30,34)(H,31,35)/t21-,22+,23-,24-,25?,29?/m0/s1. The van der Waals surface area contributed by atoms with Gasteiger partial charge in [0.1, 0.15) is 6.04 Å². The van der Waals surface area contributed by atoms with Gasteiger partial charge in [0, 0.05) is 16.6 Å². The van der Waals surface area contributed by atoms with Gasteiger partial charge in [0.05, 0.1) is 29.2 Å². The zero-order valence-electron chi connectivity index (χ0n) is 21.7. The summed E-state index contributed by atoms with van der Waals surface area (Å²) in [5.74, 6) is -1.82. The van der Waals surface area contributed by atoms with Crippen molar-refractivity contribution in [3.8, 4) is 0 Å². The van der Waals surface area contributed by atoms with Crippen LogP contribution in [0, 0.1) is 31.6 Å². The molecule has 8 heteroatoms. The highest BCUT2D eigenvalue weighted by Gasteiger charge is 2.74. The third kappa shape index (κ3) is 4.24. The van der Waals surface area contributed by atoms with E-state index in [9.17, 15) is 19.5 Å². The topological polar surface area (TPSA) is 98.7 Å². The predicted octanol–water partition coefficient (Wildman–Crippen LogP) is 3.99. The van der Waals surface area contributed by atoms with Crippen molar-refractivity contribution in [1.29, 1.82) is 0 Å². The molecule has 7 nitrogen and oxygen atoms in total. The molecule has 196 valence electrons. The second-order valence-electron chi connectivity index (χ2n) is 11.0. The minimum absolute atomic E-state index is 0.0255. The Hall–Kier alpha value is -2.84. The van der Waals surface area contributed by atoms with Crippen LogP contribution in [-0.2, 0) is 14.4 Å². The normalized spacial score (nSPS) is 28.9. The Labute approximate surface area is 222 Å². The van der Waals surface area contributed by atoms with E-state index in [0.29, 0.717) is 12.1 Å². The van der Waals surface area contributed by atoms with E-state index in [1.165, 1.54) is 0 Å². The largest absolute Gasteiger partial charge is 0.394 e. The molecule has 5 rings (SSSR count). The number of carbonyl (C=O) groups is 3. The Morgan fingerprint density at radius 1 is 1.11 bits per heavy atom. The maximum Gasteiger partial charge on any atom is 0.248 e. The SMILES string of the molecule is Cc1ccc(C)c(NC(=O)C2N([C@@H](CO)C(C)C)C(=O)[C@@H]3[C@@H](C(=O)Nc4ccccc4)[C@H]4CCC23S4)c1. The molecular formula is C29H35N3O4S. The third-order valence-corrected chi connectivity index (χ3v) is 10.2. The Morgan fingerprint density at radius 3 is 2.51 bits per heavy atom. The molecule has 3 N–H and O–H groups in total. The summed E-state index contributed by atoms with van der Waals surface area (Å²) >= 11 is 1.63. The van der Waals surface area contributed by atoms with Gasteiger partial charge in [0.25, 0.3) is 0 Å². The molecular weight excluding hydrogens is 486 g/mol. The quantitative estimate of drug-likeness (QED) is 0.512. The molecule has 37 heavy (non-hydrogen) atoms. The van der Waals surface area contributed by atoms with Crippen LogP contribution in [0.3, 0.4) is 0 Å². The molecule has 0 aliphatic carbocycles. The molecule has 3 fully saturated rings. The van der Waals surface area contributed by atoms with Gasteiger partial charge in [-0.25, -0.2) is 0 Å². The van der Waals surface area contributed by atoms with Crippen molar-refractivity contribution < 1.29 is 19.5 Å². The molecule has 2 aromatic rings. The van der Waals surface area contributed by atoms with Crippen LogP contribution in [0.4, 0.5) is 11.4 Å². The Bertz CT molecular complexity index is 1220. The van der Waals surface area contributed by atoms with Crippen molar-refractivity contribution in [1.82, 2.24) is 4.90 Å². The summed E-state index contributed by atoms with van der Waals surface area (Å²) in [6.07, 6.45) is 1.46. The summed E-state index contributed by atoms with van der Waals surface area (Å²) < 4.78 is -0.704. The molecule has 3 aliphatic heterocycles. The number of anilines is 2. The molecule has 3 heterocycles. The molecule has 3 saturated heterocycles. The van der Waals surface area contributed by atoms with E-state index in [4.69, 9.17) is 0 Å². The number of aliphatic hydroxyl groups excluding tert-OH is 1. The Morgan fingerprint density at radius 2 is 1.84 bits per heavy atom. The lowest BCUT2D eigenvalue weighted by Gasteiger charge is -2.38. The number of thioether (sulfide) groups is 1. The van der Waals surface area contributed by atoms with Crippen molar-refractivity contribution in [3.05, 3.63) is 59.7 Å². The van der Waals surface area contributed by atoms with E-state index in [2.05, 4.69) is 10.6 Å². The maximum atomic E-state index is 14.2. The van der Waals surface area contributed by atoms with Crippen LogP contribution in [0.15, 0.2) is 48.5 Å². The van der Waals surface area contributed by atoms with Crippen LogP contribution in [-0.4, -0.2) is 56.4 Å². The predicted molar refractivity (Wildman–Crippen MR) is 146 cm³/mol. The number of benzene rings is 2. The minimum atomic E-state index is -0.769.